The number of nitrogens with zero attached hydrogens (tertiary/aromatic N) is 1. The van der Waals surface area contributed by atoms with E-state index in [0.717, 1.165) is 5.56 Å². The smallest absolute Gasteiger partial charge is 0.317 e. The van der Waals surface area contributed by atoms with Gasteiger partial charge in [0.15, 0.2) is 5.78 Å². The number of esters is 1. The van der Waals surface area contributed by atoms with E-state index in [1.807, 2.05) is 0 Å². The maximum absolute atomic E-state index is 13.3. The van der Waals surface area contributed by atoms with Crippen molar-refractivity contribution < 1.29 is 14.3 Å². The Balaban J connectivity index is 1.93. The van der Waals surface area contributed by atoms with Crippen molar-refractivity contribution in [3.63, 3.8) is 0 Å². The molecule has 1 aliphatic carbocycles. The summed E-state index contributed by atoms with van der Waals surface area (Å²) in [6.07, 6.45) is 3.56. The second-order valence-electron chi connectivity index (χ2n) is 6.68. The van der Waals surface area contributed by atoms with Gasteiger partial charge in [-0.25, -0.2) is 0 Å². The van der Waals surface area contributed by atoms with Crippen molar-refractivity contribution in [1.29, 1.82) is 0 Å². The lowest BCUT2D eigenvalue weighted by molar-refractivity contribution is -0.147. The molecule has 6 nitrogen and oxygen atoms in total. The molecule has 2 aromatic heterocycles. The number of aromatic nitrogens is 2. The van der Waals surface area contributed by atoms with Gasteiger partial charge in [-0.15, -0.1) is 0 Å². The number of hydrogen-bond donors (Lipinski definition) is 1. The Kier molecular flexibility index (Phi) is 4.73. The molecule has 0 fully saturated rings. The number of carbonyl (C=O) groups is 2. The fraction of sp³-hybridized carbons (Fsp3) is 0.238. The zero-order chi connectivity index (χ0) is 19.8. The average Bonchev–Trinajstić information content (AvgIpc) is 2.69. The Morgan fingerprint density at radius 3 is 2.71 bits per heavy atom. The summed E-state index contributed by atoms with van der Waals surface area (Å²) in [4.78, 5) is 46.2. The third kappa shape index (κ3) is 2.99. The van der Waals surface area contributed by atoms with E-state index >= 15 is 0 Å². The predicted molar refractivity (Wildman–Crippen MR) is 105 cm³/mol. The standard InChI is InChI=1S/C21H17ClN2O4/c1-2-28-21(27)17-13(11-5-7-23-8-6-11)10-16-18(20(17)26)19(25)14-9-12(22)3-4-15(14)24-16/h3-9,13,17H,2,10H2,1H3,(H,24,25). The maximum Gasteiger partial charge on any atom is 0.317 e. The number of fused-ring (bicyclic) bond motifs is 2. The Labute approximate surface area is 165 Å². The first-order valence-corrected chi connectivity index (χ1v) is 9.34. The first-order valence-electron chi connectivity index (χ1n) is 8.96. The molecule has 1 aromatic carbocycles. The normalized spacial score (nSPS) is 18.7. The molecule has 28 heavy (non-hydrogen) atoms. The quantitative estimate of drug-likeness (QED) is 0.542. The van der Waals surface area contributed by atoms with Crippen molar-refractivity contribution in [2.24, 2.45) is 5.92 Å². The van der Waals surface area contributed by atoms with Gasteiger partial charge < -0.3 is 9.72 Å². The summed E-state index contributed by atoms with van der Waals surface area (Å²) in [7, 11) is 0. The van der Waals surface area contributed by atoms with E-state index in [2.05, 4.69) is 9.97 Å². The number of ketones is 1. The van der Waals surface area contributed by atoms with Crippen LogP contribution in [0.25, 0.3) is 10.9 Å². The second-order valence-corrected chi connectivity index (χ2v) is 7.12. The Hall–Kier alpha value is -2.99. The van der Waals surface area contributed by atoms with Crippen molar-refractivity contribution in [1.82, 2.24) is 9.97 Å². The number of carbonyl (C=O) groups excluding carboxylic acids is 2. The molecule has 2 heterocycles. The molecule has 4 rings (SSSR count). The lowest BCUT2D eigenvalue weighted by Gasteiger charge is -2.30. The van der Waals surface area contributed by atoms with E-state index in [-0.39, 0.29) is 12.2 Å². The van der Waals surface area contributed by atoms with E-state index in [4.69, 9.17) is 16.3 Å². The maximum atomic E-state index is 13.3. The van der Waals surface area contributed by atoms with Crippen LogP contribution < -0.4 is 5.43 Å². The topological polar surface area (TPSA) is 89.1 Å². The molecule has 0 aliphatic heterocycles. The van der Waals surface area contributed by atoms with E-state index < -0.39 is 29.0 Å². The van der Waals surface area contributed by atoms with Crippen LogP contribution in [0.2, 0.25) is 5.02 Å². The number of pyridine rings is 2. The highest BCUT2D eigenvalue weighted by Gasteiger charge is 2.44. The van der Waals surface area contributed by atoms with Crippen molar-refractivity contribution in [3.8, 4) is 0 Å². The molecule has 0 saturated carbocycles. The largest absolute Gasteiger partial charge is 0.465 e. The van der Waals surface area contributed by atoms with Gasteiger partial charge in [0, 0.05) is 39.9 Å². The van der Waals surface area contributed by atoms with Crippen molar-refractivity contribution in [2.45, 2.75) is 19.3 Å². The number of Topliss-reactive ketones (excluding diaryl/α,β-unsaturated/α-hetero) is 1. The molecule has 7 heteroatoms. The lowest BCUT2D eigenvalue weighted by atomic mass is 9.73. The van der Waals surface area contributed by atoms with Gasteiger partial charge in [-0.05, 0) is 49.2 Å². The zero-order valence-electron chi connectivity index (χ0n) is 15.1. The molecule has 0 saturated heterocycles. The minimum atomic E-state index is -1.08. The molecule has 3 aromatic rings. The molecule has 142 valence electrons. The summed E-state index contributed by atoms with van der Waals surface area (Å²) >= 11 is 6.02. The van der Waals surface area contributed by atoms with Crippen molar-refractivity contribution >= 4 is 34.3 Å². The molecular weight excluding hydrogens is 380 g/mol. The Morgan fingerprint density at radius 2 is 2.00 bits per heavy atom. The minimum absolute atomic E-state index is 0.0122. The fourth-order valence-electron chi connectivity index (χ4n) is 3.82. The molecule has 0 amide bonds. The second kappa shape index (κ2) is 7.20. The molecule has 2 atom stereocenters. The van der Waals surface area contributed by atoms with Gasteiger partial charge in [0.1, 0.15) is 5.92 Å². The minimum Gasteiger partial charge on any atom is -0.465 e. The summed E-state index contributed by atoms with van der Waals surface area (Å²) in [5.74, 6) is -2.66. The number of ether oxygens (including phenoxy) is 1. The number of H-pyrrole nitrogens is 1. The molecule has 0 spiro atoms. The van der Waals surface area contributed by atoms with Gasteiger partial charge in [-0.3, -0.25) is 19.4 Å². The van der Waals surface area contributed by atoms with Crippen LogP contribution in [0.1, 0.15) is 34.5 Å². The van der Waals surface area contributed by atoms with Crippen LogP contribution >= 0.6 is 11.6 Å². The SMILES string of the molecule is CCOC(=O)C1C(=O)c2c([nH]c3ccc(Cl)cc3c2=O)CC1c1ccncc1. The molecule has 1 aliphatic rings. The summed E-state index contributed by atoms with van der Waals surface area (Å²) in [6.45, 7) is 1.84. The molecule has 1 N–H and O–H groups in total. The van der Waals surface area contributed by atoms with Crippen LogP contribution in [0.4, 0.5) is 0 Å². The van der Waals surface area contributed by atoms with Crippen LogP contribution in [0.3, 0.4) is 0 Å². The van der Waals surface area contributed by atoms with E-state index in [1.54, 1.807) is 43.6 Å². The molecular formula is C21H17ClN2O4. The Bertz CT molecular complexity index is 1140. The number of nitrogens with one attached hydrogen (secondary N) is 1. The van der Waals surface area contributed by atoms with Crippen LogP contribution in [0.5, 0.6) is 0 Å². The summed E-state index contributed by atoms with van der Waals surface area (Å²) < 4.78 is 5.16. The van der Waals surface area contributed by atoms with Crippen LogP contribution in [-0.2, 0) is 16.0 Å². The van der Waals surface area contributed by atoms with Gasteiger partial charge >= 0.3 is 5.97 Å². The number of rotatable bonds is 3. The number of aromatic amines is 1. The first kappa shape index (κ1) is 18.4. The van der Waals surface area contributed by atoms with E-state index in [0.29, 0.717) is 28.0 Å². The van der Waals surface area contributed by atoms with Gasteiger partial charge in [0.2, 0.25) is 5.43 Å². The van der Waals surface area contributed by atoms with Crippen LogP contribution in [-0.4, -0.2) is 28.3 Å². The highest BCUT2D eigenvalue weighted by Crippen LogP contribution is 2.37. The average molecular weight is 397 g/mol. The van der Waals surface area contributed by atoms with Gasteiger partial charge in [-0.1, -0.05) is 11.6 Å². The molecule has 0 bridgehead atoms. The third-order valence-electron chi connectivity index (χ3n) is 5.07. The number of benzene rings is 1. The van der Waals surface area contributed by atoms with Crippen molar-refractivity contribution in [2.75, 3.05) is 6.61 Å². The van der Waals surface area contributed by atoms with Gasteiger partial charge in [-0.2, -0.15) is 0 Å². The van der Waals surface area contributed by atoms with Gasteiger partial charge in [0.25, 0.3) is 0 Å². The van der Waals surface area contributed by atoms with E-state index in [1.165, 1.54) is 6.07 Å². The Morgan fingerprint density at radius 1 is 1.25 bits per heavy atom. The van der Waals surface area contributed by atoms with Gasteiger partial charge in [0.05, 0.1) is 12.2 Å². The number of halogens is 1. The highest BCUT2D eigenvalue weighted by atomic mass is 35.5. The van der Waals surface area contributed by atoms with Crippen molar-refractivity contribution in [3.05, 3.63) is 74.8 Å². The summed E-state index contributed by atoms with van der Waals surface area (Å²) in [6, 6.07) is 8.46. The van der Waals surface area contributed by atoms with E-state index in [9.17, 15) is 14.4 Å². The first-order chi connectivity index (χ1) is 13.5. The highest BCUT2D eigenvalue weighted by molar-refractivity contribution is 6.31. The molecule has 2 unspecified atom stereocenters. The predicted octanol–water partition coefficient (Wildman–Crippen LogP) is 3.28. The molecule has 0 radical (unpaired) electrons. The van der Waals surface area contributed by atoms with Crippen LogP contribution in [0, 0.1) is 5.92 Å². The van der Waals surface area contributed by atoms with Crippen LogP contribution in [0.15, 0.2) is 47.5 Å². The fourth-order valence-corrected chi connectivity index (χ4v) is 4.00. The summed E-state index contributed by atoms with van der Waals surface area (Å²) in [5, 5.41) is 0.724. The lowest BCUT2D eigenvalue weighted by Crippen LogP contribution is -2.40. The monoisotopic (exact) mass is 396 g/mol. The number of hydrogen-bond acceptors (Lipinski definition) is 5. The third-order valence-corrected chi connectivity index (χ3v) is 5.31. The zero-order valence-corrected chi connectivity index (χ0v) is 15.8. The summed E-state index contributed by atoms with van der Waals surface area (Å²) in [5.41, 5.74) is 1.51.